The van der Waals surface area contributed by atoms with Crippen molar-refractivity contribution in [2.45, 2.75) is 26.2 Å². The Hall–Kier alpha value is -2.53. The molecule has 2 N–H and O–H groups in total. The summed E-state index contributed by atoms with van der Waals surface area (Å²) in [6.07, 6.45) is -0.565. The molecule has 0 saturated carbocycles. The minimum absolute atomic E-state index is 0.420. The second-order valence-electron chi connectivity index (χ2n) is 6.88. The van der Waals surface area contributed by atoms with E-state index in [0.717, 1.165) is 16.7 Å². The van der Waals surface area contributed by atoms with E-state index in [-0.39, 0.29) is 0 Å². The van der Waals surface area contributed by atoms with Crippen LogP contribution in [0.1, 0.15) is 28.4 Å². The fraction of sp³-hybridized carbons (Fsp3) is 0.250. The third kappa shape index (κ3) is 5.73. The zero-order valence-electron chi connectivity index (χ0n) is 16.7. The maximum absolute atomic E-state index is 10.3. The average molecular weight is 412 g/mol. The highest BCUT2D eigenvalue weighted by Crippen LogP contribution is 2.37. The van der Waals surface area contributed by atoms with E-state index in [2.05, 4.69) is 18.3 Å². The van der Waals surface area contributed by atoms with Crippen molar-refractivity contribution in [2.75, 3.05) is 13.7 Å². The van der Waals surface area contributed by atoms with Gasteiger partial charge in [0.15, 0.2) is 11.5 Å². The second-order valence-corrected chi connectivity index (χ2v) is 7.29. The predicted molar refractivity (Wildman–Crippen MR) is 117 cm³/mol. The van der Waals surface area contributed by atoms with Gasteiger partial charge < -0.3 is 19.9 Å². The molecule has 3 rings (SSSR count). The molecular formula is C24H26ClNO3. The van der Waals surface area contributed by atoms with Gasteiger partial charge in [0.05, 0.1) is 18.2 Å². The monoisotopic (exact) mass is 411 g/mol. The van der Waals surface area contributed by atoms with Crippen molar-refractivity contribution in [1.82, 2.24) is 5.32 Å². The van der Waals surface area contributed by atoms with Gasteiger partial charge in [-0.25, -0.2) is 0 Å². The Balaban J connectivity index is 1.62. The SMILES string of the molecule is COc1cc(CNCC(O)c2ccccc2)cc(Cl)c1OCc1ccccc1C. The van der Waals surface area contributed by atoms with Gasteiger partial charge in [0.25, 0.3) is 0 Å². The molecule has 1 unspecified atom stereocenters. The largest absolute Gasteiger partial charge is 0.493 e. The van der Waals surface area contributed by atoms with Crippen molar-refractivity contribution in [2.24, 2.45) is 0 Å². The van der Waals surface area contributed by atoms with Gasteiger partial charge in [0.2, 0.25) is 0 Å². The highest BCUT2D eigenvalue weighted by molar-refractivity contribution is 6.32. The maximum Gasteiger partial charge on any atom is 0.180 e. The summed E-state index contributed by atoms with van der Waals surface area (Å²) in [5, 5.41) is 14.0. The van der Waals surface area contributed by atoms with E-state index in [4.69, 9.17) is 21.1 Å². The number of aliphatic hydroxyl groups excluding tert-OH is 1. The lowest BCUT2D eigenvalue weighted by molar-refractivity contribution is 0.174. The normalized spacial score (nSPS) is 11.9. The van der Waals surface area contributed by atoms with E-state index >= 15 is 0 Å². The van der Waals surface area contributed by atoms with E-state index in [0.29, 0.717) is 36.2 Å². The zero-order chi connectivity index (χ0) is 20.6. The van der Waals surface area contributed by atoms with E-state index in [1.807, 2.05) is 60.7 Å². The first-order valence-electron chi connectivity index (χ1n) is 9.56. The molecule has 29 heavy (non-hydrogen) atoms. The second kappa shape index (κ2) is 10.3. The fourth-order valence-electron chi connectivity index (χ4n) is 3.08. The van der Waals surface area contributed by atoms with Gasteiger partial charge in [0.1, 0.15) is 6.61 Å². The Morgan fingerprint density at radius 2 is 1.76 bits per heavy atom. The van der Waals surface area contributed by atoms with Gasteiger partial charge in [-0.15, -0.1) is 0 Å². The summed E-state index contributed by atoms with van der Waals surface area (Å²) in [7, 11) is 1.60. The number of methoxy groups -OCH3 is 1. The summed E-state index contributed by atoms with van der Waals surface area (Å²) >= 11 is 6.47. The van der Waals surface area contributed by atoms with Gasteiger partial charge in [0, 0.05) is 13.1 Å². The summed E-state index contributed by atoms with van der Waals surface area (Å²) in [6.45, 7) is 3.47. The summed E-state index contributed by atoms with van der Waals surface area (Å²) < 4.78 is 11.5. The van der Waals surface area contributed by atoms with Crippen LogP contribution >= 0.6 is 11.6 Å². The van der Waals surface area contributed by atoms with Crippen molar-refractivity contribution in [3.63, 3.8) is 0 Å². The molecule has 1 atom stereocenters. The molecule has 0 radical (unpaired) electrons. The van der Waals surface area contributed by atoms with Crippen LogP contribution in [0.15, 0.2) is 66.7 Å². The number of halogens is 1. The molecule has 0 aliphatic carbocycles. The van der Waals surface area contributed by atoms with Crippen molar-refractivity contribution >= 4 is 11.6 Å². The Morgan fingerprint density at radius 3 is 2.48 bits per heavy atom. The van der Waals surface area contributed by atoms with Crippen LogP contribution in [0, 0.1) is 6.92 Å². The number of aliphatic hydroxyl groups is 1. The molecule has 0 aromatic heterocycles. The standard InChI is InChI=1S/C24H26ClNO3/c1-17-8-6-7-11-20(17)16-29-24-21(25)12-18(13-23(24)28-2)14-26-15-22(27)19-9-4-3-5-10-19/h3-13,22,26-27H,14-16H2,1-2H3. The summed E-state index contributed by atoms with van der Waals surface area (Å²) in [4.78, 5) is 0. The first kappa shape index (κ1) is 21.2. The third-order valence-electron chi connectivity index (χ3n) is 4.77. The minimum Gasteiger partial charge on any atom is -0.493 e. The first-order valence-corrected chi connectivity index (χ1v) is 9.93. The number of benzene rings is 3. The molecule has 0 bridgehead atoms. The first-order chi connectivity index (χ1) is 14.1. The van der Waals surface area contributed by atoms with Gasteiger partial charge in [-0.05, 0) is 41.3 Å². The van der Waals surface area contributed by atoms with Crippen molar-refractivity contribution in [1.29, 1.82) is 0 Å². The number of hydrogen-bond donors (Lipinski definition) is 2. The van der Waals surface area contributed by atoms with Crippen LogP contribution in [0.2, 0.25) is 5.02 Å². The van der Waals surface area contributed by atoms with Gasteiger partial charge >= 0.3 is 0 Å². The van der Waals surface area contributed by atoms with E-state index in [1.165, 1.54) is 5.56 Å². The highest BCUT2D eigenvalue weighted by atomic mass is 35.5. The number of rotatable bonds is 9. The molecule has 4 nitrogen and oxygen atoms in total. The maximum atomic E-state index is 10.3. The van der Waals surface area contributed by atoms with Crippen LogP contribution in [0.25, 0.3) is 0 Å². The topological polar surface area (TPSA) is 50.7 Å². The lowest BCUT2D eigenvalue weighted by Gasteiger charge is -2.16. The third-order valence-corrected chi connectivity index (χ3v) is 5.05. The Bertz CT molecular complexity index is 931. The molecule has 3 aromatic rings. The van der Waals surface area contributed by atoms with Gasteiger partial charge in [-0.2, -0.15) is 0 Å². The molecule has 152 valence electrons. The Labute approximate surface area is 177 Å². The Kier molecular flexibility index (Phi) is 7.53. The van der Waals surface area contributed by atoms with Gasteiger partial charge in [-0.1, -0.05) is 66.2 Å². The molecule has 0 fully saturated rings. The molecule has 3 aromatic carbocycles. The smallest absolute Gasteiger partial charge is 0.180 e. The molecule has 0 spiro atoms. The minimum atomic E-state index is -0.565. The van der Waals surface area contributed by atoms with E-state index in [1.54, 1.807) is 7.11 Å². The molecule has 5 heteroatoms. The van der Waals surface area contributed by atoms with Gasteiger partial charge in [-0.3, -0.25) is 0 Å². The molecule has 0 saturated heterocycles. The highest BCUT2D eigenvalue weighted by Gasteiger charge is 2.13. The average Bonchev–Trinajstić information content (AvgIpc) is 2.74. The van der Waals surface area contributed by atoms with Crippen molar-refractivity contribution in [3.05, 3.63) is 94.0 Å². The van der Waals surface area contributed by atoms with Crippen molar-refractivity contribution < 1.29 is 14.6 Å². The lowest BCUT2D eigenvalue weighted by atomic mass is 10.1. The molecule has 0 amide bonds. The Morgan fingerprint density at radius 1 is 1.03 bits per heavy atom. The van der Waals surface area contributed by atoms with E-state index in [9.17, 15) is 5.11 Å². The van der Waals surface area contributed by atoms with Crippen LogP contribution < -0.4 is 14.8 Å². The molecule has 0 heterocycles. The number of hydrogen-bond acceptors (Lipinski definition) is 4. The van der Waals surface area contributed by atoms with Crippen molar-refractivity contribution in [3.8, 4) is 11.5 Å². The number of ether oxygens (including phenoxy) is 2. The predicted octanol–water partition coefficient (Wildman–Crippen LogP) is 5.06. The van der Waals surface area contributed by atoms with Crippen LogP contribution in [0.4, 0.5) is 0 Å². The summed E-state index contributed by atoms with van der Waals surface area (Å²) in [5.74, 6) is 1.12. The number of nitrogens with one attached hydrogen (secondary N) is 1. The van der Waals surface area contributed by atoms with Crippen LogP contribution in [-0.4, -0.2) is 18.8 Å². The van der Waals surface area contributed by atoms with Crippen LogP contribution in [-0.2, 0) is 13.2 Å². The zero-order valence-corrected chi connectivity index (χ0v) is 17.4. The fourth-order valence-corrected chi connectivity index (χ4v) is 3.37. The summed E-state index contributed by atoms with van der Waals surface area (Å²) in [6, 6.07) is 21.4. The summed E-state index contributed by atoms with van der Waals surface area (Å²) in [5.41, 5.74) is 4.11. The lowest BCUT2D eigenvalue weighted by Crippen LogP contribution is -2.21. The van der Waals surface area contributed by atoms with Crippen LogP contribution in [0.3, 0.4) is 0 Å². The molecule has 0 aliphatic rings. The number of aryl methyl sites for hydroxylation is 1. The van der Waals surface area contributed by atoms with Crippen LogP contribution in [0.5, 0.6) is 11.5 Å². The quantitative estimate of drug-likeness (QED) is 0.516. The molecular weight excluding hydrogens is 386 g/mol. The van der Waals surface area contributed by atoms with E-state index < -0.39 is 6.10 Å². The molecule has 0 aliphatic heterocycles.